The van der Waals surface area contributed by atoms with Gasteiger partial charge in [-0.25, -0.2) is 0 Å². The summed E-state index contributed by atoms with van der Waals surface area (Å²) in [5.41, 5.74) is 1.18. The molecule has 2 aromatic rings. The fraction of sp³-hybridized carbons (Fsp3) is 0.118. The first-order valence-corrected chi connectivity index (χ1v) is 7.46. The predicted molar refractivity (Wildman–Crippen MR) is 93.7 cm³/mol. The molecular weight excluding hydrogens is 337 g/mol. The molecule has 0 aliphatic heterocycles. The van der Waals surface area contributed by atoms with Crippen molar-refractivity contribution in [2.45, 2.75) is 0 Å². The number of hydrogen-bond donors (Lipinski definition) is 1. The van der Waals surface area contributed by atoms with Crippen LogP contribution in [0.25, 0.3) is 6.08 Å². The fourth-order valence-corrected chi connectivity index (χ4v) is 2.40. The summed E-state index contributed by atoms with van der Waals surface area (Å²) in [6.45, 7) is 0. The van der Waals surface area contributed by atoms with Gasteiger partial charge in [0.05, 0.1) is 30.0 Å². The molecule has 0 bridgehead atoms. The Morgan fingerprint density at radius 2 is 1.70 bits per heavy atom. The second-order valence-corrected chi connectivity index (χ2v) is 5.35. The maximum atomic E-state index is 12.0. The lowest BCUT2D eigenvalue weighted by Gasteiger charge is -2.08. The van der Waals surface area contributed by atoms with Gasteiger partial charge in [0.25, 0.3) is 0 Å². The summed E-state index contributed by atoms with van der Waals surface area (Å²) in [6, 6.07) is 10.4. The Morgan fingerprint density at radius 3 is 2.30 bits per heavy atom. The first kappa shape index (κ1) is 17.2. The molecule has 0 aliphatic carbocycles. The number of rotatable bonds is 5. The molecule has 0 spiro atoms. The van der Waals surface area contributed by atoms with Crippen LogP contribution in [0.1, 0.15) is 5.56 Å². The van der Waals surface area contributed by atoms with Crippen molar-refractivity contribution in [2.24, 2.45) is 0 Å². The van der Waals surface area contributed by atoms with Gasteiger partial charge < -0.3 is 14.8 Å². The number of benzene rings is 2. The van der Waals surface area contributed by atoms with Gasteiger partial charge in [-0.3, -0.25) is 4.79 Å². The summed E-state index contributed by atoms with van der Waals surface area (Å²) in [6.07, 6.45) is 3.04. The van der Waals surface area contributed by atoms with Crippen LogP contribution < -0.4 is 14.8 Å². The summed E-state index contributed by atoms with van der Waals surface area (Å²) >= 11 is 12.0. The highest BCUT2D eigenvalue weighted by Crippen LogP contribution is 2.30. The molecule has 120 valence electrons. The van der Waals surface area contributed by atoms with E-state index in [-0.39, 0.29) is 5.91 Å². The molecule has 2 rings (SSSR count). The van der Waals surface area contributed by atoms with E-state index in [4.69, 9.17) is 32.7 Å². The van der Waals surface area contributed by atoms with Crippen LogP contribution in [0.2, 0.25) is 10.0 Å². The molecule has 23 heavy (non-hydrogen) atoms. The van der Waals surface area contributed by atoms with Gasteiger partial charge in [0.2, 0.25) is 5.91 Å². The molecule has 0 aliphatic rings. The third kappa shape index (κ3) is 4.41. The number of amides is 1. The molecule has 0 unspecified atom stereocenters. The van der Waals surface area contributed by atoms with Crippen LogP contribution in [-0.4, -0.2) is 20.1 Å². The van der Waals surface area contributed by atoms with Crippen molar-refractivity contribution in [3.63, 3.8) is 0 Å². The van der Waals surface area contributed by atoms with Gasteiger partial charge in [-0.2, -0.15) is 0 Å². The molecule has 0 aromatic heterocycles. The minimum absolute atomic E-state index is 0.338. The van der Waals surface area contributed by atoms with Crippen molar-refractivity contribution in [3.8, 4) is 11.5 Å². The number of carbonyl (C=O) groups is 1. The van der Waals surface area contributed by atoms with E-state index in [9.17, 15) is 4.79 Å². The maximum Gasteiger partial charge on any atom is 0.248 e. The standard InChI is InChI=1S/C17H15Cl2NO3/c1-22-14-8-6-11(10-15(14)23-2)7-9-16(21)20-17-12(18)4-3-5-13(17)19/h3-10H,1-2H3,(H,20,21). The normalized spacial score (nSPS) is 10.6. The van der Waals surface area contributed by atoms with Crippen molar-refractivity contribution >= 4 is 40.9 Å². The van der Waals surface area contributed by atoms with Gasteiger partial charge in [0.1, 0.15) is 0 Å². The van der Waals surface area contributed by atoms with E-state index in [1.807, 2.05) is 6.07 Å². The zero-order valence-electron chi connectivity index (χ0n) is 12.6. The summed E-state index contributed by atoms with van der Waals surface area (Å²) in [7, 11) is 3.12. The van der Waals surface area contributed by atoms with Gasteiger partial charge >= 0.3 is 0 Å². The van der Waals surface area contributed by atoms with Crippen LogP contribution in [0.5, 0.6) is 11.5 Å². The number of methoxy groups -OCH3 is 2. The summed E-state index contributed by atoms with van der Waals surface area (Å²) in [5, 5.41) is 3.41. The van der Waals surface area contributed by atoms with E-state index in [1.165, 1.54) is 6.08 Å². The summed E-state index contributed by atoms with van der Waals surface area (Å²) in [4.78, 5) is 12.0. The van der Waals surface area contributed by atoms with Crippen LogP contribution >= 0.6 is 23.2 Å². The lowest BCUT2D eigenvalue weighted by Crippen LogP contribution is -2.08. The Morgan fingerprint density at radius 1 is 1.04 bits per heavy atom. The van der Waals surface area contributed by atoms with Crippen molar-refractivity contribution in [1.82, 2.24) is 0 Å². The van der Waals surface area contributed by atoms with Crippen molar-refractivity contribution in [1.29, 1.82) is 0 Å². The van der Waals surface area contributed by atoms with Crippen LogP contribution in [0.15, 0.2) is 42.5 Å². The van der Waals surface area contributed by atoms with E-state index in [1.54, 1.807) is 50.6 Å². The molecule has 0 saturated heterocycles. The molecule has 2 aromatic carbocycles. The topological polar surface area (TPSA) is 47.6 Å². The molecule has 0 heterocycles. The first-order valence-electron chi connectivity index (χ1n) is 6.70. The smallest absolute Gasteiger partial charge is 0.248 e. The molecule has 0 atom stereocenters. The van der Waals surface area contributed by atoms with E-state index >= 15 is 0 Å². The van der Waals surface area contributed by atoms with Gasteiger partial charge in [-0.1, -0.05) is 35.3 Å². The van der Waals surface area contributed by atoms with Crippen molar-refractivity contribution in [2.75, 3.05) is 19.5 Å². The number of carbonyl (C=O) groups excluding carboxylic acids is 1. The predicted octanol–water partition coefficient (Wildman–Crippen LogP) is 4.66. The second-order valence-electron chi connectivity index (χ2n) is 4.53. The minimum Gasteiger partial charge on any atom is -0.493 e. The monoisotopic (exact) mass is 351 g/mol. The third-order valence-corrected chi connectivity index (χ3v) is 3.68. The van der Waals surface area contributed by atoms with Crippen LogP contribution in [0.3, 0.4) is 0 Å². The molecule has 0 radical (unpaired) electrons. The van der Waals surface area contributed by atoms with Crippen LogP contribution in [0, 0.1) is 0 Å². The number of nitrogens with one attached hydrogen (secondary N) is 1. The number of para-hydroxylation sites is 1. The highest BCUT2D eigenvalue weighted by Gasteiger charge is 2.08. The molecule has 6 heteroatoms. The Balaban J connectivity index is 2.12. The lowest BCUT2D eigenvalue weighted by molar-refractivity contribution is -0.111. The Labute approximate surface area is 144 Å². The average Bonchev–Trinajstić information content (AvgIpc) is 2.56. The average molecular weight is 352 g/mol. The largest absolute Gasteiger partial charge is 0.493 e. The highest BCUT2D eigenvalue weighted by atomic mass is 35.5. The summed E-state index contributed by atoms with van der Waals surface area (Å²) < 4.78 is 10.4. The zero-order valence-corrected chi connectivity index (χ0v) is 14.1. The van der Waals surface area contributed by atoms with Crippen molar-refractivity contribution < 1.29 is 14.3 Å². The first-order chi connectivity index (χ1) is 11.0. The second kappa shape index (κ2) is 7.90. The van der Waals surface area contributed by atoms with Crippen LogP contribution in [0.4, 0.5) is 5.69 Å². The Hall–Kier alpha value is -2.17. The molecule has 0 fully saturated rings. The number of anilines is 1. The van der Waals surface area contributed by atoms with E-state index in [0.717, 1.165) is 5.56 Å². The third-order valence-electron chi connectivity index (χ3n) is 3.05. The quantitative estimate of drug-likeness (QED) is 0.796. The van der Waals surface area contributed by atoms with Gasteiger partial charge in [-0.05, 0) is 35.9 Å². The number of ether oxygens (including phenoxy) is 2. The van der Waals surface area contributed by atoms with E-state index < -0.39 is 0 Å². The minimum atomic E-state index is -0.338. The van der Waals surface area contributed by atoms with E-state index in [2.05, 4.69) is 5.32 Å². The molecule has 1 N–H and O–H groups in total. The van der Waals surface area contributed by atoms with Gasteiger partial charge in [0, 0.05) is 6.08 Å². The molecule has 1 amide bonds. The number of hydrogen-bond acceptors (Lipinski definition) is 3. The molecule has 0 saturated carbocycles. The van der Waals surface area contributed by atoms with Gasteiger partial charge in [-0.15, -0.1) is 0 Å². The SMILES string of the molecule is COc1ccc(C=CC(=O)Nc2c(Cl)cccc2Cl)cc1OC. The van der Waals surface area contributed by atoms with Gasteiger partial charge in [0.15, 0.2) is 11.5 Å². The Kier molecular flexibility index (Phi) is 5.90. The highest BCUT2D eigenvalue weighted by molar-refractivity contribution is 6.39. The van der Waals surface area contributed by atoms with E-state index in [0.29, 0.717) is 27.2 Å². The zero-order chi connectivity index (χ0) is 16.8. The lowest BCUT2D eigenvalue weighted by atomic mass is 10.2. The molecule has 4 nitrogen and oxygen atoms in total. The summed E-state index contributed by atoms with van der Waals surface area (Å²) in [5.74, 6) is 0.871. The molecular formula is C17H15Cl2NO3. The maximum absolute atomic E-state index is 12.0. The Bertz CT molecular complexity index is 724. The van der Waals surface area contributed by atoms with Crippen LogP contribution in [-0.2, 0) is 4.79 Å². The van der Waals surface area contributed by atoms with Crippen molar-refractivity contribution in [3.05, 3.63) is 58.1 Å². The number of halogens is 2. The fourth-order valence-electron chi connectivity index (χ4n) is 1.91.